The van der Waals surface area contributed by atoms with Crippen molar-refractivity contribution in [1.82, 2.24) is 19.7 Å². The van der Waals surface area contributed by atoms with Crippen LogP contribution in [0.15, 0.2) is 67.1 Å². The van der Waals surface area contributed by atoms with E-state index < -0.39 is 0 Å². The zero-order valence-electron chi connectivity index (χ0n) is 17.5. The molecule has 0 aliphatic carbocycles. The van der Waals surface area contributed by atoms with Gasteiger partial charge in [0.05, 0.1) is 25.8 Å². The molecule has 3 heterocycles. The highest BCUT2D eigenvalue weighted by Crippen LogP contribution is 2.24. The number of hydrogen-bond donors (Lipinski definition) is 1. The number of carbonyl (C=O) groups excluding carboxylic acids is 1. The van der Waals surface area contributed by atoms with E-state index in [9.17, 15) is 4.79 Å². The van der Waals surface area contributed by atoms with Gasteiger partial charge in [0, 0.05) is 61.7 Å². The van der Waals surface area contributed by atoms with Crippen molar-refractivity contribution in [3.05, 3.63) is 72.7 Å². The number of rotatable bonds is 5. The lowest BCUT2D eigenvalue weighted by molar-refractivity contribution is -0.885. The number of aromatic nitrogens is 3. The third kappa shape index (κ3) is 4.49. The molecule has 1 aliphatic heterocycles. The summed E-state index contributed by atoms with van der Waals surface area (Å²) in [6, 6.07) is 14.2. The SMILES string of the molecule is CN(C(=O)/C=C/c1cn(-c2ccccc2)nc1-c1cccnc1)C1CC[NH+](C)CC1. The molecule has 6 nitrogen and oxygen atoms in total. The van der Waals surface area contributed by atoms with E-state index in [1.54, 1.807) is 18.5 Å². The summed E-state index contributed by atoms with van der Waals surface area (Å²) in [6.45, 7) is 2.22. The fraction of sp³-hybridized carbons (Fsp3) is 0.292. The maximum absolute atomic E-state index is 12.8. The first-order valence-electron chi connectivity index (χ1n) is 10.4. The molecule has 1 aromatic carbocycles. The van der Waals surface area contributed by atoms with E-state index in [0.717, 1.165) is 48.4 Å². The monoisotopic (exact) mass is 402 g/mol. The maximum atomic E-state index is 12.8. The molecule has 1 amide bonds. The van der Waals surface area contributed by atoms with E-state index >= 15 is 0 Å². The number of nitrogens with zero attached hydrogens (tertiary/aromatic N) is 4. The van der Waals surface area contributed by atoms with Crippen LogP contribution in [0.1, 0.15) is 18.4 Å². The van der Waals surface area contributed by atoms with Crippen LogP contribution in [-0.2, 0) is 4.79 Å². The van der Waals surface area contributed by atoms with Gasteiger partial charge in [-0.25, -0.2) is 4.68 Å². The van der Waals surface area contributed by atoms with Crippen LogP contribution in [0, 0.1) is 0 Å². The lowest BCUT2D eigenvalue weighted by Gasteiger charge is -2.32. The van der Waals surface area contributed by atoms with Gasteiger partial charge in [-0.15, -0.1) is 0 Å². The van der Waals surface area contributed by atoms with Gasteiger partial charge in [0.25, 0.3) is 0 Å². The molecule has 30 heavy (non-hydrogen) atoms. The second-order valence-corrected chi connectivity index (χ2v) is 7.93. The summed E-state index contributed by atoms with van der Waals surface area (Å²) in [5.41, 5.74) is 3.59. The Bertz CT molecular complexity index is 1000. The van der Waals surface area contributed by atoms with Crippen molar-refractivity contribution in [3.8, 4) is 16.9 Å². The smallest absolute Gasteiger partial charge is 0.246 e. The molecule has 6 heteroatoms. The Labute approximate surface area is 177 Å². The number of hydrogen-bond acceptors (Lipinski definition) is 3. The molecule has 0 radical (unpaired) electrons. The number of carbonyl (C=O) groups is 1. The van der Waals surface area contributed by atoms with Gasteiger partial charge in [0.15, 0.2) is 0 Å². The molecular weight excluding hydrogens is 374 g/mol. The molecule has 0 bridgehead atoms. The predicted octanol–water partition coefficient (Wildman–Crippen LogP) is 2.08. The molecule has 2 aromatic heterocycles. The number of nitrogens with one attached hydrogen (secondary N) is 1. The molecule has 1 aliphatic rings. The number of amides is 1. The molecule has 154 valence electrons. The molecule has 0 unspecified atom stereocenters. The number of likely N-dealkylation sites (N-methyl/N-ethyl adjacent to an activating group) is 1. The average molecular weight is 403 g/mol. The number of pyridine rings is 1. The minimum Gasteiger partial charge on any atom is -0.339 e. The van der Waals surface area contributed by atoms with E-state index in [4.69, 9.17) is 5.10 Å². The van der Waals surface area contributed by atoms with Crippen molar-refractivity contribution in [2.24, 2.45) is 0 Å². The summed E-state index contributed by atoms with van der Waals surface area (Å²) in [5.74, 6) is 0.0316. The summed E-state index contributed by atoms with van der Waals surface area (Å²) in [5, 5.41) is 4.77. The maximum Gasteiger partial charge on any atom is 0.246 e. The van der Waals surface area contributed by atoms with Crippen molar-refractivity contribution in [2.75, 3.05) is 27.2 Å². The van der Waals surface area contributed by atoms with Crippen LogP contribution in [0.2, 0.25) is 0 Å². The molecule has 0 atom stereocenters. The summed E-state index contributed by atoms with van der Waals surface area (Å²) in [6.07, 6.45) is 11.1. The molecule has 0 saturated carbocycles. The number of para-hydroxylation sites is 1. The quantitative estimate of drug-likeness (QED) is 0.665. The molecule has 4 rings (SSSR count). The Kier molecular flexibility index (Phi) is 6.05. The lowest BCUT2D eigenvalue weighted by atomic mass is 10.0. The van der Waals surface area contributed by atoms with E-state index in [1.165, 1.54) is 4.90 Å². The average Bonchev–Trinajstić information content (AvgIpc) is 3.23. The van der Waals surface area contributed by atoms with Crippen molar-refractivity contribution in [3.63, 3.8) is 0 Å². The highest BCUT2D eigenvalue weighted by Gasteiger charge is 2.25. The number of quaternary nitrogens is 1. The molecule has 1 saturated heterocycles. The van der Waals surface area contributed by atoms with Crippen LogP contribution in [0.4, 0.5) is 0 Å². The number of benzene rings is 1. The minimum atomic E-state index is 0.0316. The second kappa shape index (κ2) is 9.05. The van der Waals surface area contributed by atoms with Crippen LogP contribution in [-0.4, -0.2) is 58.8 Å². The Hall–Kier alpha value is -3.25. The van der Waals surface area contributed by atoms with Gasteiger partial charge in [-0.1, -0.05) is 18.2 Å². The summed E-state index contributed by atoms with van der Waals surface area (Å²) >= 11 is 0. The topological polar surface area (TPSA) is 55.5 Å². The summed E-state index contributed by atoms with van der Waals surface area (Å²) in [4.78, 5) is 20.5. The third-order valence-electron chi connectivity index (χ3n) is 5.81. The van der Waals surface area contributed by atoms with Crippen molar-refractivity contribution in [2.45, 2.75) is 18.9 Å². The summed E-state index contributed by atoms with van der Waals surface area (Å²) in [7, 11) is 4.12. The first-order chi connectivity index (χ1) is 14.6. The van der Waals surface area contributed by atoms with E-state index in [-0.39, 0.29) is 5.91 Å². The molecule has 3 aromatic rings. The molecule has 1 N–H and O–H groups in total. The first kappa shape index (κ1) is 20.0. The summed E-state index contributed by atoms with van der Waals surface area (Å²) < 4.78 is 1.84. The van der Waals surface area contributed by atoms with Gasteiger partial charge >= 0.3 is 0 Å². The zero-order valence-corrected chi connectivity index (χ0v) is 17.5. The highest BCUT2D eigenvalue weighted by molar-refractivity contribution is 5.92. The third-order valence-corrected chi connectivity index (χ3v) is 5.81. The van der Waals surface area contributed by atoms with E-state index in [0.29, 0.717) is 6.04 Å². The Morgan fingerprint density at radius 1 is 1.17 bits per heavy atom. The Balaban J connectivity index is 1.59. The van der Waals surface area contributed by atoms with Gasteiger partial charge in [-0.2, -0.15) is 5.10 Å². The fourth-order valence-corrected chi connectivity index (χ4v) is 3.89. The predicted molar refractivity (Wildman–Crippen MR) is 118 cm³/mol. The van der Waals surface area contributed by atoms with E-state index in [1.807, 2.05) is 71.4 Å². The van der Waals surface area contributed by atoms with Gasteiger partial charge in [-0.3, -0.25) is 9.78 Å². The van der Waals surface area contributed by atoms with Crippen LogP contribution >= 0.6 is 0 Å². The van der Waals surface area contributed by atoms with Crippen LogP contribution in [0.25, 0.3) is 23.0 Å². The van der Waals surface area contributed by atoms with Crippen LogP contribution in [0.5, 0.6) is 0 Å². The molecule has 1 fully saturated rings. The van der Waals surface area contributed by atoms with Crippen molar-refractivity contribution >= 4 is 12.0 Å². The standard InChI is InChI=1S/C24H27N5O/c1-27-15-12-21(13-16-27)28(2)23(30)11-10-20-18-29(22-8-4-3-5-9-22)26-24(20)19-7-6-14-25-17-19/h3-11,14,17-18,21H,12-13,15-16H2,1-2H3/p+1/b11-10+. The van der Waals surface area contributed by atoms with Gasteiger partial charge < -0.3 is 9.80 Å². The Morgan fingerprint density at radius 2 is 1.93 bits per heavy atom. The zero-order chi connectivity index (χ0) is 20.9. The van der Waals surface area contributed by atoms with Crippen molar-refractivity contribution in [1.29, 1.82) is 0 Å². The fourth-order valence-electron chi connectivity index (χ4n) is 3.89. The van der Waals surface area contributed by atoms with Crippen LogP contribution in [0.3, 0.4) is 0 Å². The van der Waals surface area contributed by atoms with Gasteiger partial charge in [0.1, 0.15) is 5.69 Å². The first-order valence-corrected chi connectivity index (χ1v) is 10.4. The number of likely N-dealkylation sites (tertiary alicyclic amines) is 1. The highest BCUT2D eigenvalue weighted by atomic mass is 16.2. The lowest BCUT2D eigenvalue weighted by Crippen LogP contribution is -3.10. The van der Waals surface area contributed by atoms with E-state index in [2.05, 4.69) is 12.0 Å². The molecular formula is C24H28N5O+. The normalized spacial score (nSPS) is 19.1. The van der Waals surface area contributed by atoms with Crippen molar-refractivity contribution < 1.29 is 9.69 Å². The van der Waals surface area contributed by atoms with Crippen LogP contribution < -0.4 is 4.90 Å². The molecule has 0 spiro atoms. The van der Waals surface area contributed by atoms with Gasteiger partial charge in [-0.05, 0) is 30.3 Å². The largest absolute Gasteiger partial charge is 0.339 e. The number of piperidine rings is 1. The minimum absolute atomic E-state index is 0.0316. The second-order valence-electron chi connectivity index (χ2n) is 7.93. The van der Waals surface area contributed by atoms with Gasteiger partial charge in [0.2, 0.25) is 5.91 Å². The Morgan fingerprint density at radius 3 is 2.63 bits per heavy atom.